The van der Waals surface area contributed by atoms with E-state index in [1.165, 1.54) is 0 Å². The van der Waals surface area contributed by atoms with Crippen LogP contribution in [0.1, 0.15) is 0 Å². The summed E-state index contributed by atoms with van der Waals surface area (Å²) in [6.07, 6.45) is 0. The Bertz CT molecular complexity index is 3540. The molecule has 8 heteroatoms. The maximum atomic E-state index is 6.55. The average Bonchev–Trinajstić information content (AvgIpc) is 3.98. The van der Waals surface area contributed by atoms with Gasteiger partial charge >= 0.3 is 0 Å². The van der Waals surface area contributed by atoms with Crippen molar-refractivity contribution in [2.24, 2.45) is 0 Å². The number of benzene rings is 7. The van der Waals surface area contributed by atoms with Crippen LogP contribution in [0, 0.1) is 0 Å². The molecule has 0 aliphatic carbocycles. The maximum Gasteiger partial charge on any atom is 0.180 e. The Morgan fingerprint density at radius 2 is 0.982 bits per heavy atom. The number of thiophene rings is 1. The first-order valence-corrected chi connectivity index (χ1v) is 19.5. The van der Waals surface area contributed by atoms with Gasteiger partial charge in [0.2, 0.25) is 0 Å². The summed E-state index contributed by atoms with van der Waals surface area (Å²) in [6.45, 7) is 0. The van der Waals surface area contributed by atoms with Crippen LogP contribution in [0.3, 0.4) is 0 Å². The first kappa shape index (κ1) is 31.8. The van der Waals surface area contributed by atoms with Gasteiger partial charge in [-0.1, -0.05) is 121 Å². The predicted molar refractivity (Wildman–Crippen MR) is 230 cm³/mol. The van der Waals surface area contributed by atoms with E-state index in [1.807, 2.05) is 109 Å². The van der Waals surface area contributed by atoms with Crippen molar-refractivity contribution in [1.29, 1.82) is 0 Å². The zero-order valence-corrected chi connectivity index (χ0v) is 30.9. The van der Waals surface area contributed by atoms with Crippen molar-refractivity contribution in [2.45, 2.75) is 0 Å². The second-order valence-corrected chi connectivity index (χ2v) is 15.0. The quantitative estimate of drug-likeness (QED) is 0.173. The molecule has 5 aromatic heterocycles. The Kier molecular flexibility index (Phi) is 6.96. The van der Waals surface area contributed by atoms with E-state index in [4.69, 9.17) is 33.8 Å². The van der Waals surface area contributed by atoms with Gasteiger partial charge in [0.1, 0.15) is 28.0 Å². The molecule has 0 saturated carbocycles. The SMILES string of the molecule is c1ccc(-c2nc(-c3ccc4oc5ccccc5c4c3)nc(-c3cccc4sc5c(-c6nc(-c7ccccc7)nc7c6oc6ccccc67)cccc5c34)n2)cc1. The van der Waals surface area contributed by atoms with Crippen LogP contribution in [0.5, 0.6) is 0 Å². The number of furan rings is 2. The molecule has 0 N–H and O–H groups in total. The molecule has 0 aliphatic heterocycles. The van der Waals surface area contributed by atoms with Gasteiger partial charge in [-0.25, -0.2) is 24.9 Å². The fraction of sp³-hybridized carbons (Fsp3) is 0. The highest BCUT2D eigenvalue weighted by Gasteiger charge is 2.23. The average molecular weight is 750 g/mol. The van der Waals surface area contributed by atoms with Crippen molar-refractivity contribution in [2.75, 3.05) is 0 Å². The lowest BCUT2D eigenvalue weighted by Crippen LogP contribution is -2.00. The van der Waals surface area contributed by atoms with Gasteiger partial charge < -0.3 is 8.83 Å². The number of hydrogen-bond acceptors (Lipinski definition) is 8. The van der Waals surface area contributed by atoms with Crippen LogP contribution in [0.15, 0.2) is 173 Å². The number of para-hydroxylation sites is 2. The molecule has 0 radical (unpaired) electrons. The van der Waals surface area contributed by atoms with Crippen molar-refractivity contribution in [1.82, 2.24) is 24.9 Å². The first-order chi connectivity index (χ1) is 28.2. The molecule has 0 fully saturated rings. The molecule has 12 rings (SSSR count). The second-order valence-electron chi connectivity index (χ2n) is 14.0. The maximum absolute atomic E-state index is 6.55. The number of rotatable bonds is 5. The molecule has 7 nitrogen and oxygen atoms in total. The molecule has 0 aliphatic rings. The van der Waals surface area contributed by atoms with E-state index in [1.54, 1.807) is 11.3 Å². The van der Waals surface area contributed by atoms with Crippen LogP contribution >= 0.6 is 11.3 Å². The molecular formula is C49H27N5O2S. The minimum Gasteiger partial charge on any atom is -0.456 e. The number of aromatic nitrogens is 5. The molecule has 266 valence electrons. The largest absolute Gasteiger partial charge is 0.456 e. The second kappa shape index (κ2) is 12.5. The van der Waals surface area contributed by atoms with Crippen molar-refractivity contribution < 1.29 is 8.83 Å². The fourth-order valence-electron chi connectivity index (χ4n) is 7.92. The molecule has 0 unspecified atom stereocenters. The summed E-state index contributed by atoms with van der Waals surface area (Å²) in [5, 5.41) is 5.19. The lowest BCUT2D eigenvalue weighted by Gasteiger charge is -2.10. The van der Waals surface area contributed by atoms with E-state index in [9.17, 15) is 0 Å². The van der Waals surface area contributed by atoms with Gasteiger partial charge in [-0.2, -0.15) is 0 Å². The summed E-state index contributed by atoms with van der Waals surface area (Å²) < 4.78 is 14.9. The Morgan fingerprint density at radius 3 is 1.77 bits per heavy atom. The smallest absolute Gasteiger partial charge is 0.180 e. The number of hydrogen-bond donors (Lipinski definition) is 0. The van der Waals surface area contributed by atoms with Gasteiger partial charge in [-0.15, -0.1) is 11.3 Å². The van der Waals surface area contributed by atoms with Gasteiger partial charge in [-0.05, 0) is 42.5 Å². The third-order valence-electron chi connectivity index (χ3n) is 10.6. The Labute approximate surface area is 328 Å². The van der Waals surface area contributed by atoms with Crippen LogP contribution in [-0.4, -0.2) is 24.9 Å². The highest BCUT2D eigenvalue weighted by Crippen LogP contribution is 2.45. The van der Waals surface area contributed by atoms with Gasteiger partial charge in [-0.3, -0.25) is 0 Å². The zero-order chi connectivity index (χ0) is 37.5. The van der Waals surface area contributed by atoms with Crippen LogP contribution in [-0.2, 0) is 0 Å². The molecule has 0 amide bonds. The monoisotopic (exact) mass is 749 g/mol. The molecule has 0 bridgehead atoms. The summed E-state index contributed by atoms with van der Waals surface area (Å²) in [6, 6.07) is 55.2. The molecule has 5 heterocycles. The summed E-state index contributed by atoms with van der Waals surface area (Å²) in [5.74, 6) is 2.44. The standard InChI is InChI=1S/C49H27N5O2S/c1-3-13-28(14-4-1)46-50-42-32-18-8-10-23-38(32)56-44(42)43(51-46)35-21-11-19-33-41-34(20-12-24-40(41)57-45(33)35)49-53-47(29-15-5-2-6-16-29)52-48(54-49)30-25-26-39-36(27-30)31-17-7-9-22-37(31)55-39/h1-27H. The third-order valence-corrected chi connectivity index (χ3v) is 11.8. The van der Waals surface area contributed by atoms with Crippen molar-refractivity contribution in [3.8, 4) is 56.8 Å². The number of fused-ring (bicyclic) bond motifs is 9. The highest BCUT2D eigenvalue weighted by atomic mass is 32.1. The zero-order valence-electron chi connectivity index (χ0n) is 30.0. The van der Waals surface area contributed by atoms with E-state index in [-0.39, 0.29) is 0 Å². The first-order valence-electron chi connectivity index (χ1n) is 18.7. The number of nitrogens with zero attached hydrogens (tertiary/aromatic N) is 5. The van der Waals surface area contributed by atoms with Gasteiger partial charge in [0.25, 0.3) is 0 Å². The van der Waals surface area contributed by atoms with E-state index in [0.717, 1.165) is 92.1 Å². The minimum atomic E-state index is 0.588. The van der Waals surface area contributed by atoms with Crippen LogP contribution < -0.4 is 0 Å². The summed E-state index contributed by atoms with van der Waals surface area (Å²) in [4.78, 5) is 25.7. The normalized spacial score (nSPS) is 11.9. The lowest BCUT2D eigenvalue weighted by atomic mass is 10.0. The molecule has 0 spiro atoms. The third kappa shape index (κ3) is 5.08. The van der Waals surface area contributed by atoms with Gasteiger partial charge in [0.15, 0.2) is 28.9 Å². The summed E-state index contributed by atoms with van der Waals surface area (Å²) in [5.41, 5.74) is 9.29. The Balaban J connectivity index is 1.09. The lowest BCUT2D eigenvalue weighted by molar-refractivity contribution is 0.667. The van der Waals surface area contributed by atoms with E-state index in [2.05, 4.69) is 54.6 Å². The van der Waals surface area contributed by atoms with Crippen molar-refractivity contribution >= 4 is 75.5 Å². The van der Waals surface area contributed by atoms with E-state index >= 15 is 0 Å². The van der Waals surface area contributed by atoms with E-state index < -0.39 is 0 Å². The Hall–Kier alpha value is -7.55. The molecule has 12 aromatic rings. The van der Waals surface area contributed by atoms with E-state index in [0.29, 0.717) is 28.9 Å². The fourth-order valence-corrected chi connectivity index (χ4v) is 9.16. The molecule has 7 aromatic carbocycles. The van der Waals surface area contributed by atoms with Crippen LogP contribution in [0.4, 0.5) is 0 Å². The van der Waals surface area contributed by atoms with Crippen molar-refractivity contribution in [3.05, 3.63) is 164 Å². The minimum absolute atomic E-state index is 0.588. The molecule has 57 heavy (non-hydrogen) atoms. The summed E-state index contributed by atoms with van der Waals surface area (Å²) in [7, 11) is 0. The molecular weight excluding hydrogens is 723 g/mol. The highest BCUT2D eigenvalue weighted by molar-refractivity contribution is 7.26. The molecule has 0 atom stereocenters. The predicted octanol–water partition coefficient (Wildman–Crippen LogP) is 13.2. The van der Waals surface area contributed by atoms with Gasteiger partial charge in [0.05, 0.1) is 0 Å². The topological polar surface area (TPSA) is 90.7 Å². The molecule has 0 saturated heterocycles. The van der Waals surface area contributed by atoms with Crippen molar-refractivity contribution in [3.63, 3.8) is 0 Å². The van der Waals surface area contributed by atoms with Crippen LogP contribution in [0.25, 0.3) is 121 Å². The van der Waals surface area contributed by atoms with Gasteiger partial charge in [0, 0.05) is 64.1 Å². The summed E-state index contributed by atoms with van der Waals surface area (Å²) >= 11 is 1.73. The Morgan fingerprint density at radius 1 is 0.386 bits per heavy atom. The van der Waals surface area contributed by atoms with Crippen LogP contribution in [0.2, 0.25) is 0 Å².